The largest absolute Gasteiger partial charge is 0.499 e. The normalized spacial score (nSPS) is 19.6. The van der Waals surface area contributed by atoms with Crippen LogP contribution in [-0.2, 0) is 14.3 Å². The number of aliphatic hydroxyl groups excluding tert-OH is 3. The first-order chi connectivity index (χ1) is 10.3. The molecule has 9 nitrogen and oxygen atoms in total. The molecule has 0 unspecified atom stereocenters. The van der Waals surface area contributed by atoms with Crippen molar-refractivity contribution in [3.05, 3.63) is 22.0 Å². The van der Waals surface area contributed by atoms with Crippen molar-refractivity contribution in [2.24, 2.45) is 5.11 Å². The van der Waals surface area contributed by atoms with Crippen LogP contribution >= 0.6 is 0 Å². The standard InChI is InChI=1S/C12H21N3O6Si/c1-22(2,7-14-15-13)5-3-4-20-11-9(18)12(19)21-10(11)8(17)6-16/h8,10,16-18H,3-7H2,1-2H3/t8-,10+/m0/s1. The average molecular weight is 331 g/mol. The van der Waals surface area contributed by atoms with Crippen molar-refractivity contribution >= 4 is 14.0 Å². The van der Waals surface area contributed by atoms with Gasteiger partial charge in [0.2, 0.25) is 5.76 Å². The van der Waals surface area contributed by atoms with E-state index >= 15 is 0 Å². The van der Waals surface area contributed by atoms with Crippen LogP contribution in [0.15, 0.2) is 16.6 Å². The lowest BCUT2D eigenvalue weighted by molar-refractivity contribution is -0.148. The van der Waals surface area contributed by atoms with Gasteiger partial charge < -0.3 is 24.8 Å². The summed E-state index contributed by atoms with van der Waals surface area (Å²) in [5.74, 6) is -1.81. The van der Waals surface area contributed by atoms with Gasteiger partial charge in [0.1, 0.15) is 6.10 Å². The van der Waals surface area contributed by atoms with Crippen LogP contribution < -0.4 is 0 Å². The number of esters is 1. The highest BCUT2D eigenvalue weighted by molar-refractivity contribution is 6.77. The molecular weight excluding hydrogens is 310 g/mol. The molecule has 1 heterocycles. The topological polar surface area (TPSA) is 145 Å². The molecule has 0 radical (unpaired) electrons. The van der Waals surface area contributed by atoms with E-state index in [0.717, 1.165) is 6.04 Å². The monoisotopic (exact) mass is 331 g/mol. The van der Waals surface area contributed by atoms with E-state index in [1.807, 2.05) is 0 Å². The maximum Gasteiger partial charge on any atom is 0.378 e. The van der Waals surface area contributed by atoms with Gasteiger partial charge in [0.05, 0.1) is 21.3 Å². The van der Waals surface area contributed by atoms with Gasteiger partial charge >= 0.3 is 5.97 Å². The van der Waals surface area contributed by atoms with Crippen molar-refractivity contribution in [3.8, 4) is 0 Å². The Morgan fingerprint density at radius 3 is 2.82 bits per heavy atom. The SMILES string of the molecule is C[Si](C)(CCCOC1=C(O)C(=O)O[C@@H]1[C@@H](O)CO)CN=[N+]=[N-]. The molecule has 1 rings (SSSR count). The zero-order valence-corrected chi connectivity index (χ0v) is 13.6. The summed E-state index contributed by atoms with van der Waals surface area (Å²) in [4.78, 5) is 14.0. The van der Waals surface area contributed by atoms with Gasteiger partial charge in [-0.15, -0.1) is 0 Å². The molecule has 0 aromatic rings. The molecule has 0 aromatic heterocycles. The zero-order valence-electron chi connectivity index (χ0n) is 12.6. The number of hydrogen-bond acceptors (Lipinski definition) is 7. The van der Waals surface area contributed by atoms with Crippen LogP contribution in [0.1, 0.15) is 6.42 Å². The quantitative estimate of drug-likeness (QED) is 0.143. The number of rotatable bonds is 9. The molecule has 0 aliphatic carbocycles. The summed E-state index contributed by atoms with van der Waals surface area (Å²) in [6, 6.07) is 0.835. The van der Waals surface area contributed by atoms with E-state index < -0.39 is 38.6 Å². The van der Waals surface area contributed by atoms with Crippen LogP contribution in [-0.4, -0.2) is 61.0 Å². The molecular formula is C12H21N3O6Si. The number of azide groups is 1. The maximum absolute atomic E-state index is 11.3. The van der Waals surface area contributed by atoms with E-state index in [0.29, 0.717) is 12.6 Å². The Morgan fingerprint density at radius 1 is 1.55 bits per heavy atom. The van der Waals surface area contributed by atoms with Crippen molar-refractivity contribution < 1.29 is 29.6 Å². The van der Waals surface area contributed by atoms with E-state index in [4.69, 9.17) is 20.1 Å². The van der Waals surface area contributed by atoms with E-state index in [9.17, 15) is 15.0 Å². The van der Waals surface area contributed by atoms with Crippen molar-refractivity contribution in [1.29, 1.82) is 0 Å². The molecule has 0 aromatic carbocycles. The minimum atomic E-state index is -1.64. The molecule has 10 heteroatoms. The first-order valence-corrected chi connectivity index (χ1v) is 10.3. The second-order valence-corrected chi connectivity index (χ2v) is 10.9. The molecule has 22 heavy (non-hydrogen) atoms. The second-order valence-electron chi connectivity index (χ2n) is 5.79. The lowest BCUT2D eigenvalue weighted by Crippen LogP contribution is -2.33. The minimum absolute atomic E-state index is 0.152. The molecule has 0 spiro atoms. The number of cyclic esters (lactones) is 1. The van der Waals surface area contributed by atoms with E-state index in [2.05, 4.69) is 23.1 Å². The minimum Gasteiger partial charge on any atom is -0.499 e. The summed E-state index contributed by atoms with van der Waals surface area (Å²) in [5, 5.41) is 31.6. The van der Waals surface area contributed by atoms with Crippen molar-refractivity contribution in [2.45, 2.75) is 37.8 Å². The Balaban J connectivity index is 2.52. The summed E-state index contributed by atoms with van der Waals surface area (Å²) in [5.41, 5.74) is 8.34. The van der Waals surface area contributed by atoms with Gasteiger partial charge in [-0.25, -0.2) is 4.79 Å². The van der Waals surface area contributed by atoms with Gasteiger partial charge in [0.15, 0.2) is 11.9 Å². The van der Waals surface area contributed by atoms with Crippen molar-refractivity contribution in [3.63, 3.8) is 0 Å². The first kappa shape index (κ1) is 18.3. The lowest BCUT2D eigenvalue weighted by atomic mass is 10.2. The Morgan fingerprint density at radius 2 is 2.23 bits per heavy atom. The summed E-state index contributed by atoms with van der Waals surface area (Å²) >= 11 is 0. The first-order valence-electron chi connectivity index (χ1n) is 6.89. The summed E-state index contributed by atoms with van der Waals surface area (Å²) in [6.45, 7) is 3.76. The van der Waals surface area contributed by atoms with Gasteiger partial charge in [-0.05, 0) is 12.0 Å². The van der Waals surface area contributed by atoms with Gasteiger partial charge in [-0.1, -0.05) is 24.3 Å². The zero-order chi connectivity index (χ0) is 16.8. The number of hydrogen-bond donors (Lipinski definition) is 3. The summed E-state index contributed by atoms with van der Waals surface area (Å²) in [6.07, 6.45) is -1.40. The highest BCUT2D eigenvalue weighted by atomic mass is 28.3. The Kier molecular flexibility index (Phi) is 6.69. The molecule has 1 aliphatic heterocycles. The summed E-state index contributed by atoms with van der Waals surface area (Å²) < 4.78 is 10.1. The fourth-order valence-electron chi connectivity index (χ4n) is 1.99. The van der Waals surface area contributed by atoms with E-state index in [1.54, 1.807) is 0 Å². The van der Waals surface area contributed by atoms with Crippen LogP contribution in [0.25, 0.3) is 10.4 Å². The van der Waals surface area contributed by atoms with Crippen LogP contribution in [0.4, 0.5) is 0 Å². The second kappa shape index (κ2) is 8.04. The van der Waals surface area contributed by atoms with Crippen LogP contribution in [0.3, 0.4) is 0 Å². The molecule has 0 saturated heterocycles. The Bertz CT molecular complexity index is 489. The maximum atomic E-state index is 11.3. The van der Waals surface area contributed by atoms with Gasteiger partial charge in [0.25, 0.3) is 0 Å². The molecule has 124 valence electrons. The highest BCUT2D eigenvalue weighted by Crippen LogP contribution is 2.25. The molecule has 2 atom stereocenters. The Hall–Kier alpha value is -1.74. The predicted octanol–water partition coefficient (Wildman–Crippen LogP) is 0.999. The third-order valence-electron chi connectivity index (χ3n) is 3.27. The average Bonchev–Trinajstić information content (AvgIpc) is 2.76. The number of carbonyl (C=O) groups is 1. The van der Waals surface area contributed by atoms with Crippen LogP contribution in [0.2, 0.25) is 19.1 Å². The molecule has 3 N–H and O–H groups in total. The van der Waals surface area contributed by atoms with Crippen molar-refractivity contribution in [1.82, 2.24) is 0 Å². The van der Waals surface area contributed by atoms with Gasteiger partial charge in [0, 0.05) is 11.1 Å². The molecule has 1 aliphatic rings. The highest BCUT2D eigenvalue weighted by Gasteiger charge is 2.40. The number of aliphatic hydroxyl groups is 3. The molecule has 0 fully saturated rings. The molecule has 0 amide bonds. The smallest absolute Gasteiger partial charge is 0.378 e. The Labute approximate surface area is 128 Å². The predicted molar refractivity (Wildman–Crippen MR) is 79.5 cm³/mol. The van der Waals surface area contributed by atoms with Gasteiger partial charge in [-0.2, -0.15) is 0 Å². The van der Waals surface area contributed by atoms with E-state index in [1.165, 1.54) is 0 Å². The molecule has 0 saturated carbocycles. The number of ether oxygens (including phenoxy) is 2. The van der Waals surface area contributed by atoms with Crippen molar-refractivity contribution in [2.75, 3.05) is 19.4 Å². The fourth-order valence-corrected chi connectivity index (χ4v) is 3.70. The van der Waals surface area contributed by atoms with Gasteiger partial charge in [-0.3, -0.25) is 0 Å². The third kappa shape index (κ3) is 4.92. The van der Waals surface area contributed by atoms with Crippen LogP contribution in [0.5, 0.6) is 0 Å². The molecule has 0 bridgehead atoms. The third-order valence-corrected chi connectivity index (χ3v) is 5.98. The van der Waals surface area contributed by atoms with E-state index in [-0.39, 0.29) is 12.4 Å². The summed E-state index contributed by atoms with van der Waals surface area (Å²) in [7, 11) is -1.64. The number of nitrogens with zero attached hydrogens (tertiary/aromatic N) is 3. The lowest BCUT2D eigenvalue weighted by Gasteiger charge is -2.21. The van der Waals surface area contributed by atoms with Crippen LogP contribution in [0, 0.1) is 0 Å². The number of carbonyl (C=O) groups excluding carboxylic acids is 1. The fraction of sp³-hybridized carbons (Fsp3) is 0.750.